The molecule has 0 atom stereocenters. The molecule has 0 fully saturated rings. The molecule has 1 N–H and O–H groups in total. The maximum Gasteiger partial charge on any atom is 0.0433 e. The summed E-state index contributed by atoms with van der Waals surface area (Å²) in [5.74, 6) is 0. The van der Waals surface area contributed by atoms with Crippen molar-refractivity contribution >= 4 is 39.5 Å². The molecule has 0 aliphatic carbocycles. The van der Waals surface area contributed by atoms with Crippen LogP contribution in [0.4, 0.5) is 5.69 Å². The number of hydrogen-bond donors (Lipinski definition) is 1. The van der Waals surface area contributed by atoms with Crippen molar-refractivity contribution in [1.82, 2.24) is 0 Å². The molecule has 0 saturated carbocycles. The van der Waals surface area contributed by atoms with Crippen molar-refractivity contribution in [3.63, 3.8) is 0 Å². The molecule has 0 radical (unpaired) electrons. The highest BCUT2D eigenvalue weighted by Crippen LogP contribution is 2.31. The molecule has 1 rings (SSSR count). The van der Waals surface area contributed by atoms with Crippen LogP contribution < -0.4 is 5.32 Å². The lowest BCUT2D eigenvalue weighted by molar-refractivity contribution is 1.38. The maximum atomic E-state index is 3.78. The Balaban J connectivity index is 3.28. The van der Waals surface area contributed by atoms with Crippen molar-refractivity contribution in [3.05, 3.63) is 28.7 Å². The summed E-state index contributed by atoms with van der Waals surface area (Å²) in [5, 5.41) is 3.15. The summed E-state index contributed by atoms with van der Waals surface area (Å²) in [6, 6.07) is 4.22. The van der Waals surface area contributed by atoms with E-state index in [2.05, 4.69) is 46.2 Å². The predicted octanol–water partition coefficient (Wildman–Crippen LogP) is 3.86. The summed E-state index contributed by atoms with van der Waals surface area (Å²) in [4.78, 5) is 1.24. The van der Waals surface area contributed by atoms with E-state index < -0.39 is 0 Å². The summed E-state index contributed by atoms with van der Waals surface area (Å²) in [5.41, 5.74) is 2.22. The quantitative estimate of drug-likeness (QED) is 0.826. The van der Waals surface area contributed by atoms with E-state index in [1.165, 1.54) is 4.90 Å². The first-order valence-corrected chi connectivity index (χ1v) is 5.92. The Morgan fingerprint density at radius 2 is 2.23 bits per heavy atom. The second-order valence-electron chi connectivity index (χ2n) is 2.52. The number of halogens is 1. The van der Waals surface area contributed by atoms with Crippen LogP contribution in [0.5, 0.6) is 0 Å². The van der Waals surface area contributed by atoms with Crippen LogP contribution >= 0.6 is 27.7 Å². The van der Waals surface area contributed by atoms with Crippen LogP contribution in [0.2, 0.25) is 0 Å². The van der Waals surface area contributed by atoms with Gasteiger partial charge in [0.1, 0.15) is 0 Å². The van der Waals surface area contributed by atoms with Gasteiger partial charge in [0.15, 0.2) is 0 Å². The molecular formula is C10H12BrNS. The van der Waals surface area contributed by atoms with Crippen LogP contribution in [0.15, 0.2) is 28.1 Å². The molecule has 70 valence electrons. The fourth-order valence-corrected chi connectivity index (χ4v) is 2.37. The van der Waals surface area contributed by atoms with Gasteiger partial charge in [-0.15, -0.1) is 11.8 Å². The maximum absolute atomic E-state index is 3.78. The van der Waals surface area contributed by atoms with Crippen molar-refractivity contribution in [3.8, 4) is 0 Å². The van der Waals surface area contributed by atoms with Gasteiger partial charge in [-0.2, -0.15) is 0 Å². The van der Waals surface area contributed by atoms with Crippen molar-refractivity contribution in [2.24, 2.45) is 0 Å². The first kappa shape index (κ1) is 10.7. The van der Waals surface area contributed by atoms with Gasteiger partial charge in [-0.3, -0.25) is 0 Å². The van der Waals surface area contributed by atoms with Gasteiger partial charge in [-0.05, 0) is 18.4 Å². The van der Waals surface area contributed by atoms with Gasteiger partial charge in [-0.25, -0.2) is 0 Å². The topological polar surface area (TPSA) is 12.0 Å². The minimum atomic E-state index is 1.08. The molecule has 0 amide bonds. The van der Waals surface area contributed by atoms with E-state index in [1.807, 2.05) is 13.1 Å². The zero-order chi connectivity index (χ0) is 9.84. The van der Waals surface area contributed by atoms with Gasteiger partial charge in [0.2, 0.25) is 0 Å². The molecule has 0 heterocycles. The zero-order valence-corrected chi connectivity index (χ0v) is 10.1. The number of rotatable bonds is 3. The lowest BCUT2D eigenvalue weighted by Gasteiger charge is -2.09. The largest absolute Gasteiger partial charge is 0.388 e. The van der Waals surface area contributed by atoms with Crippen molar-refractivity contribution in [2.75, 3.05) is 18.6 Å². The Hall–Kier alpha value is -0.410. The first-order valence-electron chi connectivity index (χ1n) is 3.90. The summed E-state index contributed by atoms with van der Waals surface area (Å²) >= 11 is 5.24. The molecule has 3 heteroatoms. The third-order valence-electron chi connectivity index (χ3n) is 1.81. The van der Waals surface area contributed by atoms with Gasteiger partial charge in [0.05, 0.1) is 0 Å². The summed E-state index contributed by atoms with van der Waals surface area (Å²) in [6.45, 7) is 3.78. The Bertz CT molecular complexity index is 323. The Morgan fingerprint density at radius 1 is 1.54 bits per heavy atom. The standard InChI is InChI=1S/C10H12BrNS/c1-4-8-9(11)5-7(13-3)6-10(8)12-2/h4-6,12H,1H2,2-3H3. The third kappa shape index (κ3) is 2.29. The summed E-state index contributed by atoms with van der Waals surface area (Å²) in [7, 11) is 1.92. The minimum absolute atomic E-state index is 1.08. The SMILES string of the molecule is C=Cc1c(Br)cc(SC)cc1NC. The van der Waals surface area contributed by atoms with Crippen molar-refractivity contribution in [2.45, 2.75) is 4.90 Å². The molecule has 0 bridgehead atoms. The van der Waals surface area contributed by atoms with E-state index in [0.29, 0.717) is 0 Å². The van der Waals surface area contributed by atoms with Gasteiger partial charge in [0, 0.05) is 27.7 Å². The van der Waals surface area contributed by atoms with Crippen LogP contribution in [0.3, 0.4) is 0 Å². The molecule has 13 heavy (non-hydrogen) atoms. The van der Waals surface area contributed by atoms with E-state index in [9.17, 15) is 0 Å². The van der Waals surface area contributed by atoms with Crippen LogP contribution in [-0.4, -0.2) is 13.3 Å². The number of benzene rings is 1. The molecule has 1 aromatic rings. The van der Waals surface area contributed by atoms with Crippen LogP contribution in [-0.2, 0) is 0 Å². The van der Waals surface area contributed by atoms with E-state index in [1.54, 1.807) is 11.8 Å². The lowest BCUT2D eigenvalue weighted by Crippen LogP contribution is -1.92. The van der Waals surface area contributed by atoms with Gasteiger partial charge in [-0.1, -0.05) is 28.6 Å². The molecular weight excluding hydrogens is 246 g/mol. The lowest BCUT2D eigenvalue weighted by atomic mass is 10.2. The van der Waals surface area contributed by atoms with E-state index in [4.69, 9.17) is 0 Å². The normalized spacial score (nSPS) is 9.77. The third-order valence-corrected chi connectivity index (χ3v) is 3.18. The van der Waals surface area contributed by atoms with Crippen LogP contribution in [0.1, 0.15) is 5.56 Å². The summed E-state index contributed by atoms with van der Waals surface area (Å²) < 4.78 is 1.08. The minimum Gasteiger partial charge on any atom is -0.388 e. The highest BCUT2D eigenvalue weighted by Gasteiger charge is 2.04. The fourth-order valence-electron chi connectivity index (χ4n) is 1.13. The molecule has 0 saturated heterocycles. The predicted molar refractivity (Wildman–Crippen MR) is 65.6 cm³/mol. The summed E-state index contributed by atoms with van der Waals surface area (Å²) in [6.07, 6.45) is 3.91. The van der Waals surface area contributed by atoms with Gasteiger partial charge in [0.25, 0.3) is 0 Å². The number of anilines is 1. The van der Waals surface area contributed by atoms with E-state index in [0.717, 1.165) is 15.7 Å². The van der Waals surface area contributed by atoms with Crippen molar-refractivity contribution < 1.29 is 0 Å². The second kappa shape index (κ2) is 4.72. The molecule has 0 aromatic heterocycles. The highest BCUT2D eigenvalue weighted by atomic mass is 79.9. The van der Waals surface area contributed by atoms with Crippen LogP contribution in [0, 0.1) is 0 Å². The zero-order valence-electron chi connectivity index (χ0n) is 7.73. The van der Waals surface area contributed by atoms with Crippen molar-refractivity contribution in [1.29, 1.82) is 0 Å². The van der Waals surface area contributed by atoms with Gasteiger partial charge >= 0.3 is 0 Å². The molecule has 0 unspecified atom stereocenters. The van der Waals surface area contributed by atoms with Crippen LogP contribution in [0.25, 0.3) is 6.08 Å². The average Bonchev–Trinajstić information content (AvgIpc) is 2.16. The van der Waals surface area contributed by atoms with E-state index >= 15 is 0 Å². The number of nitrogens with one attached hydrogen (secondary N) is 1. The number of hydrogen-bond acceptors (Lipinski definition) is 2. The highest BCUT2D eigenvalue weighted by molar-refractivity contribution is 9.10. The second-order valence-corrected chi connectivity index (χ2v) is 4.26. The van der Waals surface area contributed by atoms with E-state index in [-0.39, 0.29) is 0 Å². The molecule has 1 nitrogen and oxygen atoms in total. The molecule has 0 aliphatic heterocycles. The first-order chi connectivity index (χ1) is 6.22. The number of thioether (sulfide) groups is 1. The Morgan fingerprint density at radius 3 is 2.69 bits per heavy atom. The molecule has 1 aromatic carbocycles. The Labute approximate surface area is 91.7 Å². The van der Waals surface area contributed by atoms with Gasteiger partial charge < -0.3 is 5.32 Å². The monoisotopic (exact) mass is 257 g/mol. The fraction of sp³-hybridized carbons (Fsp3) is 0.200. The molecule has 0 spiro atoms. The smallest absolute Gasteiger partial charge is 0.0433 e. The molecule has 0 aliphatic rings. The Kier molecular flexibility index (Phi) is 3.88. The average molecular weight is 258 g/mol.